The Labute approximate surface area is 186 Å². The van der Waals surface area contributed by atoms with E-state index in [0.29, 0.717) is 34.8 Å². The van der Waals surface area contributed by atoms with Gasteiger partial charge >= 0.3 is 0 Å². The highest BCUT2D eigenvalue weighted by Crippen LogP contribution is 2.51. The molecule has 2 aliphatic rings. The van der Waals surface area contributed by atoms with Crippen LogP contribution in [0.15, 0.2) is 85.5 Å². The number of carbonyl (C=O) groups excluding carboxylic acids is 2. The first-order valence-corrected chi connectivity index (χ1v) is 10.3. The van der Waals surface area contributed by atoms with Crippen LogP contribution in [0.4, 0.5) is 11.4 Å². The van der Waals surface area contributed by atoms with Gasteiger partial charge in [0, 0.05) is 17.7 Å². The highest BCUT2D eigenvalue weighted by Gasteiger charge is 2.60. The van der Waals surface area contributed by atoms with Crippen molar-refractivity contribution in [1.82, 2.24) is 0 Å². The van der Waals surface area contributed by atoms with E-state index in [9.17, 15) is 9.59 Å². The Bertz CT molecular complexity index is 1240. The topological polar surface area (TPSA) is 59.1 Å². The number of anilines is 2. The summed E-state index contributed by atoms with van der Waals surface area (Å²) in [6, 6.07) is 21.9. The van der Waals surface area contributed by atoms with Crippen molar-refractivity contribution in [2.75, 3.05) is 23.5 Å². The summed E-state index contributed by atoms with van der Waals surface area (Å²) in [6.45, 7) is 4.30. The zero-order valence-electron chi connectivity index (χ0n) is 17.7. The van der Waals surface area contributed by atoms with Gasteiger partial charge in [-0.05, 0) is 24.3 Å². The average molecular weight is 426 g/mol. The van der Waals surface area contributed by atoms with Gasteiger partial charge in [-0.3, -0.25) is 14.5 Å². The van der Waals surface area contributed by atoms with Crippen molar-refractivity contribution in [2.24, 2.45) is 0 Å². The van der Waals surface area contributed by atoms with E-state index in [4.69, 9.17) is 9.47 Å². The molecule has 0 saturated heterocycles. The molecule has 0 saturated carbocycles. The van der Waals surface area contributed by atoms with Gasteiger partial charge in [0.2, 0.25) is 0 Å². The van der Waals surface area contributed by atoms with Crippen LogP contribution in [-0.2, 0) is 21.9 Å². The van der Waals surface area contributed by atoms with E-state index >= 15 is 0 Å². The molecule has 2 heterocycles. The quantitative estimate of drug-likeness (QED) is 0.585. The summed E-state index contributed by atoms with van der Waals surface area (Å²) in [5.74, 6) is -0.271. The minimum absolute atomic E-state index is 0.202. The fraction of sp³-hybridized carbons (Fsp3) is 0.154. The number of hydrogen-bond donors (Lipinski definition) is 0. The normalized spacial score (nSPS) is 19.0. The van der Waals surface area contributed by atoms with Gasteiger partial charge in [-0.15, -0.1) is 6.58 Å². The number of fused-ring (bicyclic) bond motifs is 3. The van der Waals surface area contributed by atoms with E-state index in [1.807, 2.05) is 48.5 Å². The SMILES string of the molecule is C=CCN1C(=O)[C@]2(OCc3ccccc3N2C(=O)c2ccccc2OC)c2ccccc21. The van der Waals surface area contributed by atoms with E-state index in [1.165, 1.54) is 12.0 Å². The van der Waals surface area contributed by atoms with Crippen molar-refractivity contribution in [2.45, 2.75) is 12.3 Å². The Morgan fingerprint density at radius 1 is 1.06 bits per heavy atom. The van der Waals surface area contributed by atoms with E-state index < -0.39 is 5.72 Å². The first-order chi connectivity index (χ1) is 15.6. The maximum atomic E-state index is 14.1. The summed E-state index contributed by atoms with van der Waals surface area (Å²) in [5.41, 5.74) is 1.53. The van der Waals surface area contributed by atoms with Gasteiger partial charge in [-0.1, -0.05) is 54.6 Å². The van der Waals surface area contributed by atoms with Crippen LogP contribution in [-0.4, -0.2) is 25.5 Å². The standard InChI is InChI=1S/C26H22N2O4/c1-3-16-27-22-14-8-6-12-20(22)26(25(27)30)28(21-13-7-4-10-18(21)17-32-26)24(29)19-11-5-9-15-23(19)31-2/h3-15H,1,16-17H2,2H3/t26-/m1/s1. The number of methoxy groups -OCH3 is 1. The lowest BCUT2D eigenvalue weighted by molar-refractivity contribution is -0.146. The minimum atomic E-state index is -1.62. The third kappa shape index (κ3) is 2.70. The number of benzene rings is 3. The third-order valence-corrected chi connectivity index (χ3v) is 5.93. The molecule has 0 fully saturated rings. The second-order valence-corrected chi connectivity index (χ2v) is 7.62. The van der Waals surface area contributed by atoms with Gasteiger partial charge in [0.25, 0.3) is 17.5 Å². The molecule has 3 aromatic rings. The van der Waals surface area contributed by atoms with E-state index in [-0.39, 0.29) is 18.4 Å². The zero-order chi connectivity index (χ0) is 22.3. The molecule has 0 radical (unpaired) electrons. The maximum Gasteiger partial charge on any atom is 0.286 e. The van der Waals surface area contributed by atoms with E-state index in [2.05, 4.69) is 6.58 Å². The first-order valence-electron chi connectivity index (χ1n) is 10.3. The monoisotopic (exact) mass is 426 g/mol. The zero-order valence-corrected chi connectivity index (χ0v) is 17.7. The van der Waals surface area contributed by atoms with Gasteiger partial charge in [0.1, 0.15) is 5.75 Å². The van der Waals surface area contributed by atoms with Crippen LogP contribution >= 0.6 is 0 Å². The van der Waals surface area contributed by atoms with Gasteiger partial charge in [-0.25, -0.2) is 0 Å². The predicted octanol–water partition coefficient (Wildman–Crippen LogP) is 4.26. The van der Waals surface area contributed by atoms with Gasteiger partial charge in [0.05, 0.1) is 30.7 Å². The molecule has 3 aromatic carbocycles. The first kappa shape index (κ1) is 20.0. The molecule has 2 aliphatic heterocycles. The van der Waals surface area contributed by atoms with Crippen molar-refractivity contribution in [3.8, 4) is 5.75 Å². The number of hydrogen-bond acceptors (Lipinski definition) is 4. The van der Waals surface area contributed by atoms with Crippen LogP contribution in [0.25, 0.3) is 0 Å². The second-order valence-electron chi connectivity index (χ2n) is 7.62. The molecular weight excluding hydrogens is 404 g/mol. The largest absolute Gasteiger partial charge is 0.496 e. The smallest absolute Gasteiger partial charge is 0.286 e. The van der Waals surface area contributed by atoms with Crippen LogP contribution < -0.4 is 14.5 Å². The average Bonchev–Trinajstić information content (AvgIpc) is 3.07. The van der Waals surface area contributed by atoms with E-state index in [1.54, 1.807) is 35.2 Å². The lowest BCUT2D eigenvalue weighted by Gasteiger charge is -2.44. The number of amides is 2. The van der Waals surface area contributed by atoms with Gasteiger partial charge in [-0.2, -0.15) is 0 Å². The van der Waals surface area contributed by atoms with Crippen molar-refractivity contribution < 1.29 is 19.1 Å². The molecule has 0 bridgehead atoms. The summed E-state index contributed by atoms with van der Waals surface area (Å²) in [5, 5.41) is 0. The molecule has 0 N–H and O–H groups in total. The van der Waals surface area contributed by atoms with Crippen molar-refractivity contribution in [3.05, 3.63) is 102 Å². The van der Waals surface area contributed by atoms with Gasteiger partial charge in [0.15, 0.2) is 0 Å². The summed E-state index contributed by atoms with van der Waals surface area (Å²) < 4.78 is 11.8. The highest BCUT2D eigenvalue weighted by atomic mass is 16.5. The third-order valence-electron chi connectivity index (χ3n) is 5.93. The van der Waals surface area contributed by atoms with Crippen LogP contribution in [0.5, 0.6) is 5.75 Å². The maximum absolute atomic E-state index is 14.1. The van der Waals surface area contributed by atoms with E-state index in [0.717, 1.165) is 5.56 Å². The van der Waals surface area contributed by atoms with Crippen LogP contribution in [0.2, 0.25) is 0 Å². The Kier molecular flexibility index (Phi) is 4.79. The van der Waals surface area contributed by atoms with Crippen molar-refractivity contribution in [1.29, 1.82) is 0 Å². The molecule has 2 amide bonds. The fourth-order valence-electron chi connectivity index (χ4n) is 4.53. The number of para-hydroxylation sites is 3. The Balaban J connectivity index is 1.78. The highest BCUT2D eigenvalue weighted by molar-refractivity contribution is 6.18. The minimum Gasteiger partial charge on any atom is -0.496 e. The summed E-state index contributed by atoms with van der Waals surface area (Å²) in [7, 11) is 1.52. The molecule has 1 spiro atoms. The Hall–Kier alpha value is -3.90. The molecule has 0 aliphatic carbocycles. The Morgan fingerprint density at radius 2 is 1.75 bits per heavy atom. The Morgan fingerprint density at radius 3 is 2.53 bits per heavy atom. The summed E-state index contributed by atoms with van der Waals surface area (Å²) >= 11 is 0. The number of ether oxygens (including phenoxy) is 2. The second kappa shape index (κ2) is 7.66. The van der Waals surface area contributed by atoms with Crippen molar-refractivity contribution >= 4 is 23.2 Å². The molecule has 5 rings (SSSR count). The molecular formula is C26H22N2O4. The fourth-order valence-corrected chi connectivity index (χ4v) is 4.53. The molecule has 160 valence electrons. The lowest BCUT2D eigenvalue weighted by Crippen LogP contribution is -2.59. The summed E-state index contributed by atoms with van der Waals surface area (Å²) in [4.78, 5) is 31.2. The number of carbonyl (C=O) groups is 2. The molecule has 1 atom stereocenters. The van der Waals surface area contributed by atoms with Crippen molar-refractivity contribution in [3.63, 3.8) is 0 Å². The van der Waals surface area contributed by atoms with Crippen LogP contribution in [0.3, 0.4) is 0 Å². The lowest BCUT2D eigenvalue weighted by atomic mass is 9.96. The molecule has 0 aromatic heterocycles. The van der Waals surface area contributed by atoms with Crippen LogP contribution in [0.1, 0.15) is 21.5 Å². The molecule has 32 heavy (non-hydrogen) atoms. The number of nitrogens with zero attached hydrogens (tertiary/aromatic N) is 2. The summed E-state index contributed by atoms with van der Waals surface area (Å²) in [6.07, 6.45) is 1.66. The molecule has 0 unspecified atom stereocenters. The van der Waals surface area contributed by atoms with Crippen LogP contribution in [0, 0.1) is 0 Å². The number of rotatable bonds is 4. The molecule has 6 nitrogen and oxygen atoms in total. The van der Waals surface area contributed by atoms with Gasteiger partial charge < -0.3 is 14.4 Å². The molecule has 6 heteroatoms. The predicted molar refractivity (Wildman–Crippen MR) is 122 cm³/mol.